The normalized spacial score (nSPS) is 21.8. The highest BCUT2D eigenvalue weighted by Gasteiger charge is 2.39. The van der Waals surface area contributed by atoms with Crippen LogP contribution >= 0.6 is 11.6 Å². The van der Waals surface area contributed by atoms with Crippen molar-refractivity contribution < 1.29 is 14.3 Å². The Morgan fingerprint density at radius 2 is 2.00 bits per heavy atom. The van der Waals surface area contributed by atoms with Gasteiger partial charge >= 0.3 is 0 Å². The molecule has 0 spiro atoms. The number of carbonyl (C=O) groups excluding carboxylic acids is 1. The van der Waals surface area contributed by atoms with E-state index in [1.54, 1.807) is 5.01 Å². The Hall–Kier alpha value is -2.34. The number of hydrogen-bond acceptors (Lipinski definition) is 5. The number of nitrogens with zero attached hydrogens (tertiary/aromatic N) is 3. The van der Waals surface area contributed by atoms with Crippen LogP contribution in [0.25, 0.3) is 10.9 Å². The molecule has 0 N–H and O–H groups in total. The molecule has 3 aliphatic rings. The fraction of sp³-hybridized carbons (Fsp3) is 0.389. The van der Waals surface area contributed by atoms with Gasteiger partial charge in [0.2, 0.25) is 12.7 Å². The predicted octanol–water partition coefficient (Wildman–Crippen LogP) is 3.68. The van der Waals surface area contributed by atoms with E-state index in [2.05, 4.69) is 10.1 Å². The summed E-state index contributed by atoms with van der Waals surface area (Å²) in [7, 11) is 0. The van der Waals surface area contributed by atoms with Gasteiger partial charge in [0, 0.05) is 36.1 Å². The first-order valence-corrected chi connectivity index (χ1v) is 8.75. The Morgan fingerprint density at radius 1 is 1.24 bits per heavy atom. The van der Waals surface area contributed by atoms with Gasteiger partial charge in [-0.15, -0.1) is 0 Å². The molecule has 1 atom stereocenters. The fourth-order valence-electron chi connectivity index (χ4n) is 3.52. The largest absolute Gasteiger partial charge is 0.454 e. The van der Waals surface area contributed by atoms with E-state index in [1.165, 1.54) is 6.92 Å². The summed E-state index contributed by atoms with van der Waals surface area (Å²) >= 11 is 6.48. The van der Waals surface area contributed by atoms with E-state index in [-0.39, 0.29) is 18.7 Å². The van der Waals surface area contributed by atoms with Gasteiger partial charge < -0.3 is 9.47 Å². The number of pyridine rings is 1. The van der Waals surface area contributed by atoms with Gasteiger partial charge in [0.1, 0.15) is 5.15 Å². The summed E-state index contributed by atoms with van der Waals surface area (Å²) in [5.74, 6) is 1.82. The molecular formula is C18H16ClN3O3. The number of halogens is 1. The summed E-state index contributed by atoms with van der Waals surface area (Å²) in [6.07, 6.45) is 3.04. The first-order valence-electron chi connectivity index (χ1n) is 8.37. The van der Waals surface area contributed by atoms with Gasteiger partial charge in [-0.2, -0.15) is 5.10 Å². The number of amides is 1. The minimum Gasteiger partial charge on any atom is -0.454 e. The van der Waals surface area contributed by atoms with Crippen LogP contribution in [0.3, 0.4) is 0 Å². The zero-order valence-corrected chi connectivity index (χ0v) is 14.4. The van der Waals surface area contributed by atoms with Gasteiger partial charge in [-0.05, 0) is 30.9 Å². The van der Waals surface area contributed by atoms with Gasteiger partial charge in [0.25, 0.3) is 0 Å². The lowest BCUT2D eigenvalue weighted by Gasteiger charge is -2.21. The van der Waals surface area contributed by atoms with Crippen LogP contribution in [0.5, 0.6) is 11.5 Å². The maximum Gasteiger partial charge on any atom is 0.240 e. The molecule has 0 bridgehead atoms. The molecule has 1 fully saturated rings. The molecule has 1 aromatic heterocycles. The average Bonchev–Trinajstić information content (AvgIpc) is 3.17. The summed E-state index contributed by atoms with van der Waals surface area (Å²) < 4.78 is 10.8. The molecular weight excluding hydrogens is 342 g/mol. The third-order valence-electron chi connectivity index (χ3n) is 4.95. The van der Waals surface area contributed by atoms with Crippen molar-refractivity contribution in [3.63, 3.8) is 0 Å². The summed E-state index contributed by atoms with van der Waals surface area (Å²) in [5.41, 5.74) is 2.67. The molecule has 0 radical (unpaired) electrons. The van der Waals surface area contributed by atoms with Crippen LogP contribution in [0.15, 0.2) is 23.3 Å². The summed E-state index contributed by atoms with van der Waals surface area (Å²) in [4.78, 5) is 16.6. The number of hydrogen-bond donors (Lipinski definition) is 0. The van der Waals surface area contributed by atoms with Crippen molar-refractivity contribution in [2.75, 3.05) is 6.79 Å². The molecule has 1 aliphatic carbocycles. The van der Waals surface area contributed by atoms with E-state index in [0.717, 1.165) is 41.4 Å². The Bertz CT molecular complexity index is 939. The Morgan fingerprint density at radius 3 is 2.72 bits per heavy atom. The minimum absolute atomic E-state index is 0.0810. The maximum absolute atomic E-state index is 12.1. The molecule has 25 heavy (non-hydrogen) atoms. The quantitative estimate of drug-likeness (QED) is 0.769. The number of rotatable bonds is 2. The van der Waals surface area contributed by atoms with E-state index < -0.39 is 0 Å². The van der Waals surface area contributed by atoms with Crippen molar-refractivity contribution >= 4 is 34.1 Å². The molecule has 1 amide bonds. The molecule has 128 valence electrons. The molecule has 5 rings (SSSR count). The second-order valence-corrected chi connectivity index (χ2v) is 7.07. The number of aromatic nitrogens is 1. The number of ether oxygens (including phenoxy) is 2. The highest BCUT2D eigenvalue weighted by Crippen LogP contribution is 2.43. The van der Waals surface area contributed by atoms with E-state index in [9.17, 15) is 4.79 Å². The molecule has 0 unspecified atom stereocenters. The van der Waals surface area contributed by atoms with Gasteiger partial charge in [-0.1, -0.05) is 11.6 Å². The lowest BCUT2D eigenvalue weighted by molar-refractivity contribution is -0.130. The third kappa shape index (κ3) is 2.43. The monoisotopic (exact) mass is 357 g/mol. The van der Waals surface area contributed by atoms with Crippen LogP contribution in [0, 0.1) is 5.92 Å². The zero-order valence-electron chi connectivity index (χ0n) is 13.7. The molecule has 2 aromatic rings. The van der Waals surface area contributed by atoms with Crippen LogP contribution in [0.4, 0.5) is 0 Å². The van der Waals surface area contributed by atoms with Crippen LogP contribution in [-0.2, 0) is 4.79 Å². The molecule has 3 heterocycles. The lowest BCUT2D eigenvalue weighted by Crippen LogP contribution is -2.24. The van der Waals surface area contributed by atoms with Gasteiger partial charge in [-0.25, -0.2) is 9.99 Å². The standard InChI is InChI=1S/C18H16ClN3O3/c1-9(23)22-15(6-14(21-22)10-2-3-10)12-4-11-5-16-17(25-8-24-16)7-13(11)20-18(12)19/h4-5,7,10,15H,2-3,6,8H2,1H3/t15-/m1/s1. The van der Waals surface area contributed by atoms with E-state index >= 15 is 0 Å². The Balaban J connectivity index is 1.58. The smallest absolute Gasteiger partial charge is 0.240 e. The topological polar surface area (TPSA) is 64.0 Å². The second-order valence-electron chi connectivity index (χ2n) is 6.72. The van der Waals surface area contributed by atoms with Crippen molar-refractivity contribution in [3.05, 3.63) is 28.9 Å². The van der Waals surface area contributed by atoms with E-state index in [0.29, 0.717) is 22.6 Å². The highest BCUT2D eigenvalue weighted by atomic mass is 35.5. The zero-order chi connectivity index (χ0) is 17.1. The lowest BCUT2D eigenvalue weighted by atomic mass is 10.00. The first kappa shape index (κ1) is 15.0. The number of fused-ring (bicyclic) bond motifs is 2. The van der Waals surface area contributed by atoms with Crippen LogP contribution < -0.4 is 9.47 Å². The maximum atomic E-state index is 12.1. The molecule has 7 heteroatoms. The van der Waals surface area contributed by atoms with Crippen LogP contribution in [0.2, 0.25) is 5.15 Å². The predicted molar refractivity (Wildman–Crippen MR) is 92.9 cm³/mol. The van der Waals surface area contributed by atoms with E-state index in [1.807, 2.05) is 18.2 Å². The number of carbonyl (C=O) groups is 1. The number of benzene rings is 1. The second kappa shape index (κ2) is 5.33. The third-order valence-corrected chi connectivity index (χ3v) is 5.26. The highest BCUT2D eigenvalue weighted by molar-refractivity contribution is 6.30. The van der Waals surface area contributed by atoms with Crippen LogP contribution in [0.1, 0.15) is 37.8 Å². The van der Waals surface area contributed by atoms with E-state index in [4.69, 9.17) is 21.1 Å². The van der Waals surface area contributed by atoms with Gasteiger partial charge in [0.15, 0.2) is 11.5 Å². The minimum atomic E-state index is -0.192. The Kier molecular flexibility index (Phi) is 3.19. The van der Waals surface area contributed by atoms with Crippen molar-refractivity contribution in [2.45, 2.75) is 32.2 Å². The molecule has 2 aliphatic heterocycles. The van der Waals surface area contributed by atoms with Crippen molar-refractivity contribution in [2.24, 2.45) is 11.0 Å². The molecule has 1 saturated carbocycles. The van der Waals surface area contributed by atoms with Crippen molar-refractivity contribution in [1.29, 1.82) is 0 Å². The van der Waals surface area contributed by atoms with Crippen LogP contribution in [-0.4, -0.2) is 28.4 Å². The average molecular weight is 358 g/mol. The first-order chi connectivity index (χ1) is 12.1. The van der Waals surface area contributed by atoms with Gasteiger partial charge in [0.05, 0.1) is 11.6 Å². The summed E-state index contributed by atoms with van der Waals surface area (Å²) in [6.45, 7) is 1.75. The molecule has 0 saturated heterocycles. The fourth-order valence-corrected chi connectivity index (χ4v) is 3.79. The summed E-state index contributed by atoms with van der Waals surface area (Å²) in [5, 5.41) is 7.41. The Labute approximate surface area is 149 Å². The summed E-state index contributed by atoms with van der Waals surface area (Å²) in [6, 6.07) is 5.53. The van der Waals surface area contributed by atoms with Crippen molar-refractivity contribution in [1.82, 2.24) is 9.99 Å². The molecule has 6 nitrogen and oxygen atoms in total. The molecule has 1 aromatic carbocycles. The number of hydrazone groups is 1. The van der Waals surface area contributed by atoms with Gasteiger partial charge in [-0.3, -0.25) is 4.79 Å². The van der Waals surface area contributed by atoms with Crippen molar-refractivity contribution in [3.8, 4) is 11.5 Å². The SMILES string of the molecule is CC(=O)N1N=C(C2CC2)C[C@@H]1c1cc2cc3c(cc2nc1Cl)OCO3.